The fraction of sp³-hybridized carbons (Fsp3) is 0.194. The molecule has 5 rings (SSSR count). The SMILES string of the molecule is COC1=CC(C)C2C=CC=CC2=C1C(O)c1cccc(NC(=O)c2cc(C(F)(F)F)nn2-c2cccc(C#N)c2)c1. The number of aromatic nitrogens is 2. The fourth-order valence-electron chi connectivity index (χ4n) is 5.06. The minimum absolute atomic E-state index is 0.0640. The van der Waals surface area contributed by atoms with Gasteiger partial charge in [-0.25, -0.2) is 4.68 Å². The van der Waals surface area contributed by atoms with Crippen LogP contribution < -0.4 is 5.32 Å². The van der Waals surface area contributed by atoms with Crippen LogP contribution in [0.1, 0.15) is 40.3 Å². The zero-order chi connectivity index (χ0) is 29.3. The molecule has 0 spiro atoms. The van der Waals surface area contributed by atoms with Gasteiger partial charge in [0.15, 0.2) is 5.69 Å². The molecule has 3 atom stereocenters. The number of ether oxygens (including phenoxy) is 1. The molecule has 1 heterocycles. The molecule has 3 unspecified atom stereocenters. The highest BCUT2D eigenvalue weighted by atomic mass is 19.4. The Hall–Kier alpha value is -4.88. The monoisotopic (exact) mass is 558 g/mol. The lowest BCUT2D eigenvalue weighted by Gasteiger charge is -2.32. The normalized spacial score (nSPS) is 18.8. The molecule has 1 aromatic heterocycles. The standard InChI is InChI=1S/C31H25F3N4O3/c1-18-13-26(41-2)28(24-12-4-3-11-23(18)24)29(39)20-8-6-9-21(15-20)36-30(40)25-16-27(31(32,33)34)37-38(25)22-10-5-7-19(14-22)17-35/h3-16,18,23,29,39H,1-2H3,(H,36,40). The van der Waals surface area contributed by atoms with Crippen molar-refractivity contribution in [2.24, 2.45) is 11.8 Å². The molecular formula is C31H25F3N4O3. The first-order chi connectivity index (χ1) is 19.6. The van der Waals surface area contributed by atoms with Crippen LogP contribution in [0.15, 0.2) is 102 Å². The number of halogens is 3. The molecule has 2 N–H and O–H groups in total. The number of fused-ring (bicyclic) bond motifs is 1. The Kier molecular flexibility index (Phi) is 7.39. The van der Waals surface area contributed by atoms with Gasteiger partial charge in [0.05, 0.1) is 24.4 Å². The van der Waals surface area contributed by atoms with Gasteiger partial charge in [-0.1, -0.05) is 49.4 Å². The molecule has 0 saturated carbocycles. The van der Waals surface area contributed by atoms with Gasteiger partial charge in [0, 0.05) is 23.2 Å². The molecule has 7 nitrogen and oxygen atoms in total. The highest BCUT2D eigenvalue weighted by Crippen LogP contribution is 2.43. The summed E-state index contributed by atoms with van der Waals surface area (Å²) in [6.07, 6.45) is 3.93. The van der Waals surface area contributed by atoms with Crippen molar-refractivity contribution in [2.75, 3.05) is 12.4 Å². The topological polar surface area (TPSA) is 100 Å². The van der Waals surface area contributed by atoms with Gasteiger partial charge in [0.2, 0.25) is 0 Å². The highest BCUT2D eigenvalue weighted by molar-refractivity contribution is 6.03. The van der Waals surface area contributed by atoms with E-state index in [-0.39, 0.29) is 34.5 Å². The first kappa shape index (κ1) is 27.7. The average Bonchev–Trinajstić information content (AvgIpc) is 3.44. The number of hydrogen-bond acceptors (Lipinski definition) is 5. The summed E-state index contributed by atoms with van der Waals surface area (Å²) >= 11 is 0. The maximum absolute atomic E-state index is 13.5. The van der Waals surface area contributed by atoms with Crippen molar-refractivity contribution in [3.8, 4) is 11.8 Å². The van der Waals surface area contributed by atoms with Crippen LogP contribution in [-0.4, -0.2) is 27.9 Å². The van der Waals surface area contributed by atoms with E-state index in [1.54, 1.807) is 24.3 Å². The molecule has 0 fully saturated rings. The number of anilines is 1. The third kappa shape index (κ3) is 5.44. The van der Waals surface area contributed by atoms with E-state index in [4.69, 9.17) is 4.74 Å². The van der Waals surface area contributed by atoms with Gasteiger partial charge in [-0.3, -0.25) is 4.79 Å². The molecule has 2 aromatic carbocycles. The van der Waals surface area contributed by atoms with Crippen LogP contribution in [0.2, 0.25) is 0 Å². The van der Waals surface area contributed by atoms with E-state index in [9.17, 15) is 28.3 Å². The quantitative estimate of drug-likeness (QED) is 0.372. The van der Waals surface area contributed by atoms with Gasteiger partial charge in [0.1, 0.15) is 17.6 Å². The molecule has 0 bridgehead atoms. The Morgan fingerprint density at radius 2 is 1.95 bits per heavy atom. The van der Waals surface area contributed by atoms with Crippen molar-refractivity contribution in [1.29, 1.82) is 5.26 Å². The van der Waals surface area contributed by atoms with Crippen molar-refractivity contribution in [3.05, 3.63) is 124 Å². The largest absolute Gasteiger partial charge is 0.497 e. The lowest BCUT2D eigenvalue weighted by Crippen LogP contribution is -2.22. The van der Waals surface area contributed by atoms with E-state index in [0.717, 1.165) is 10.3 Å². The van der Waals surface area contributed by atoms with Crippen molar-refractivity contribution < 1.29 is 27.8 Å². The number of nitrogens with zero attached hydrogens (tertiary/aromatic N) is 3. The number of allylic oxidation sites excluding steroid dienone is 6. The molecule has 2 aliphatic rings. The Labute approximate surface area is 234 Å². The molecule has 0 radical (unpaired) electrons. The van der Waals surface area contributed by atoms with E-state index in [1.165, 1.54) is 31.4 Å². The van der Waals surface area contributed by atoms with E-state index in [1.807, 2.05) is 30.4 Å². The van der Waals surface area contributed by atoms with Gasteiger partial charge in [0.25, 0.3) is 5.91 Å². The molecule has 208 valence electrons. The van der Waals surface area contributed by atoms with Crippen LogP contribution >= 0.6 is 0 Å². The number of amides is 1. The highest BCUT2D eigenvalue weighted by Gasteiger charge is 2.36. The predicted molar refractivity (Wildman–Crippen MR) is 146 cm³/mol. The van der Waals surface area contributed by atoms with Gasteiger partial charge in [-0.05, 0) is 53.5 Å². The van der Waals surface area contributed by atoms with Gasteiger partial charge < -0.3 is 15.2 Å². The Balaban J connectivity index is 1.48. The average molecular weight is 559 g/mol. The lowest BCUT2D eigenvalue weighted by molar-refractivity contribution is -0.141. The van der Waals surface area contributed by atoms with Crippen LogP contribution in [0, 0.1) is 23.2 Å². The summed E-state index contributed by atoms with van der Waals surface area (Å²) in [4.78, 5) is 13.3. The number of rotatable bonds is 6. The number of nitriles is 1. The Morgan fingerprint density at radius 1 is 1.17 bits per heavy atom. The summed E-state index contributed by atoms with van der Waals surface area (Å²) in [5.41, 5.74) is 0.921. The summed E-state index contributed by atoms with van der Waals surface area (Å²) in [7, 11) is 1.54. The van der Waals surface area contributed by atoms with Crippen LogP contribution in [0.5, 0.6) is 0 Å². The molecule has 1 amide bonds. The van der Waals surface area contributed by atoms with Crippen molar-refractivity contribution in [1.82, 2.24) is 9.78 Å². The molecule has 3 aromatic rings. The number of hydrogen-bond donors (Lipinski definition) is 2. The minimum atomic E-state index is -4.79. The smallest absolute Gasteiger partial charge is 0.435 e. The summed E-state index contributed by atoms with van der Waals surface area (Å²) in [6, 6.07) is 14.8. The maximum Gasteiger partial charge on any atom is 0.435 e. The number of benzene rings is 2. The number of nitrogens with one attached hydrogen (secondary N) is 1. The maximum atomic E-state index is 13.5. The summed E-state index contributed by atoms with van der Waals surface area (Å²) in [5.74, 6) is -0.0840. The van der Waals surface area contributed by atoms with Crippen LogP contribution in [-0.2, 0) is 10.9 Å². The summed E-state index contributed by atoms with van der Waals surface area (Å²) in [5, 5.41) is 26.9. The Morgan fingerprint density at radius 3 is 2.68 bits per heavy atom. The molecular weight excluding hydrogens is 533 g/mol. The van der Waals surface area contributed by atoms with E-state index in [0.29, 0.717) is 23.0 Å². The van der Waals surface area contributed by atoms with Crippen molar-refractivity contribution in [3.63, 3.8) is 0 Å². The number of alkyl halides is 3. The summed E-state index contributed by atoms with van der Waals surface area (Å²) in [6.45, 7) is 2.07. The second-order valence-electron chi connectivity index (χ2n) is 9.70. The van der Waals surface area contributed by atoms with Gasteiger partial charge in [-0.15, -0.1) is 0 Å². The molecule has 41 heavy (non-hydrogen) atoms. The zero-order valence-electron chi connectivity index (χ0n) is 22.1. The van der Waals surface area contributed by atoms with E-state index < -0.39 is 23.9 Å². The van der Waals surface area contributed by atoms with Crippen LogP contribution in [0.25, 0.3) is 5.69 Å². The number of aliphatic hydroxyl groups is 1. The number of carbonyl (C=O) groups excluding carboxylic acids is 1. The second kappa shape index (κ2) is 10.9. The first-order valence-corrected chi connectivity index (χ1v) is 12.7. The third-order valence-electron chi connectivity index (χ3n) is 7.03. The van der Waals surface area contributed by atoms with Crippen molar-refractivity contribution >= 4 is 11.6 Å². The number of carbonyl (C=O) groups is 1. The second-order valence-corrected chi connectivity index (χ2v) is 9.70. The van der Waals surface area contributed by atoms with E-state index >= 15 is 0 Å². The third-order valence-corrected chi connectivity index (χ3v) is 7.03. The molecule has 10 heteroatoms. The predicted octanol–water partition coefficient (Wildman–Crippen LogP) is 6.27. The number of methoxy groups -OCH3 is 1. The lowest BCUT2D eigenvalue weighted by atomic mass is 9.75. The van der Waals surface area contributed by atoms with E-state index in [2.05, 4.69) is 23.4 Å². The van der Waals surface area contributed by atoms with Crippen molar-refractivity contribution in [2.45, 2.75) is 19.2 Å². The minimum Gasteiger partial charge on any atom is -0.497 e. The Bertz CT molecular complexity index is 1670. The zero-order valence-corrected chi connectivity index (χ0v) is 22.1. The number of aliphatic hydroxyl groups excluding tert-OH is 1. The van der Waals surface area contributed by atoms with Crippen LogP contribution in [0.4, 0.5) is 18.9 Å². The molecule has 2 aliphatic carbocycles. The fourth-order valence-corrected chi connectivity index (χ4v) is 5.06. The summed E-state index contributed by atoms with van der Waals surface area (Å²) < 4.78 is 47.1. The molecule has 0 aliphatic heterocycles. The molecule has 0 saturated heterocycles. The van der Waals surface area contributed by atoms with Crippen LogP contribution in [0.3, 0.4) is 0 Å². The van der Waals surface area contributed by atoms with Gasteiger partial charge >= 0.3 is 6.18 Å². The first-order valence-electron chi connectivity index (χ1n) is 12.7. The van der Waals surface area contributed by atoms with Gasteiger partial charge in [-0.2, -0.15) is 23.5 Å².